The van der Waals surface area contributed by atoms with Crippen molar-refractivity contribution in [2.75, 3.05) is 0 Å². The Bertz CT molecular complexity index is 602. The van der Waals surface area contributed by atoms with E-state index < -0.39 is 0 Å². The highest BCUT2D eigenvalue weighted by Gasteiger charge is 2.11. The molecule has 2 aromatic rings. The zero-order valence-electron chi connectivity index (χ0n) is 11.5. The number of isocyanates is 3. The fraction of sp³-hybridized carbons (Fsp3) is 0.0625. The molecule has 110 valence electrons. The van der Waals surface area contributed by atoms with Crippen LogP contribution in [0.3, 0.4) is 0 Å². The van der Waals surface area contributed by atoms with Gasteiger partial charge in [-0.1, -0.05) is 60.7 Å². The fourth-order valence-corrected chi connectivity index (χ4v) is 1.66. The minimum Gasteiger partial charge on any atom is -0.222 e. The third-order valence-corrected chi connectivity index (χ3v) is 2.41. The van der Waals surface area contributed by atoms with E-state index in [-0.39, 0.29) is 6.04 Å². The highest BCUT2D eigenvalue weighted by atomic mass is 16.1. The minimum atomic E-state index is -0.250. The van der Waals surface area contributed by atoms with E-state index in [1.807, 2.05) is 60.7 Å². The van der Waals surface area contributed by atoms with Gasteiger partial charge in [0, 0.05) is 0 Å². The van der Waals surface area contributed by atoms with Crippen molar-refractivity contribution in [3.05, 3.63) is 71.8 Å². The molecule has 2 rings (SSSR count). The van der Waals surface area contributed by atoms with Gasteiger partial charge in [-0.25, -0.2) is 25.2 Å². The van der Waals surface area contributed by atoms with Crippen LogP contribution in [0, 0.1) is 10.8 Å². The molecule has 6 nitrogen and oxygen atoms in total. The molecule has 0 atom stereocenters. The van der Waals surface area contributed by atoms with E-state index >= 15 is 0 Å². The molecule has 2 N–H and O–H groups in total. The molecule has 0 radical (unpaired) electrons. The molecule has 6 heteroatoms. The van der Waals surface area contributed by atoms with Crippen molar-refractivity contribution in [1.82, 2.24) is 0 Å². The zero-order valence-corrected chi connectivity index (χ0v) is 11.5. The highest BCUT2D eigenvalue weighted by Crippen LogP contribution is 2.24. The Kier molecular flexibility index (Phi) is 10.6. The van der Waals surface area contributed by atoms with Gasteiger partial charge in [-0.3, -0.25) is 0 Å². The van der Waals surface area contributed by atoms with Gasteiger partial charge in [0.25, 0.3) is 0 Å². The van der Waals surface area contributed by atoms with Crippen molar-refractivity contribution in [1.29, 1.82) is 10.8 Å². The van der Waals surface area contributed by atoms with Gasteiger partial charge in [-0.15, -0.1) is 0 Å². The lowest BCUT2D eigenvalue weighted by molar-refractivity contribution is 0.560. The molecule has 0 unspecified atom stereocenters. The lowest BCUT2D eigenvalue weighted by atomic mass is 10.00. The molecule has 0 saturated heterocycles. The van der Waals surface area contributed by atoms with Gasteiger partial charge in [-0.2, -0.15) is 4.99 Å². The minimum absolute atomic E-state index is 0.250. The quantitative estimate of drug-likeness (QED) is 0.670. The maximum Gasteiger partial charge on any atom is 0.235 e. The average Bonchev–Trinajstić information content (AvgIpc) is 2.56. The fourth-order valence-electron chi connectivity index (χ4n) is 1.66. The smallest absolute Gasteiger partial charge is 0.222 e. The van der Waals surface area contributed by atoms with E-state index in [0.29, 0.717) is 0 Å². The molecule has 0 aliphatic rings. The molecule has 0 amide bonds. The van der Waals surface area contributed by atoms with Crippen LogP contribution in [0.1, 0.15) is 17.2 Å². The number of nitrogens with zero attached hydrogens (tertiary/aromatic N) is 1. The van der Waals surface area contributed by atoms with Gasteiger partial charge >= 0.3 is 0 Å². The summed E-state index contributed by atoms with van der Waals surface area (Å²) in [4.78, 5) is 31.0. The topological polar surface area (TPSA) is 111 Å². The lowest BCUT2D eigenvalue weighted by Gasteiger charge is -2.10. The molecule has 0 bridgehead atoms. The zero-order chi connectivity index (χ0) is 16.6. The molecule has 0 spiro atoms. The summed E-state index contributed by atoms with van der Waals surface area (Å²) in [6.45, 7) is 0. The van der Waals surface area contributed by atoms with E-state index in [1.54, 1.807) is 6.08 Å². The van der Waals surface area contributed by atoms with Gasteiger partial charge in [0.15, 0.2) is 0 Å². The first-order valence-electron chi connectivity index (χ1n) is 5.99. The van der Waals surface area contributed by atoms with Crippen LogP contribution >= 0.6 is 0 Å². The molecule has 22 heavy (non-hydrogen) atoms. The maximum atomic E-state index is 10.5. The van der Waals surface area contributed by atoms with Crippen molar-refractivity contribution in [3.63, 3.8) is 0 Å². The van der Waals surface area contributed by atoms with Gasteiger partial charge in [0.05, 0.1) is 0 Å². The summed E-state index contributed by atoms with van der Waals surface area (Å²) in [5.41, 5.74) is 1.99. The monoisotopic (exact) mass is 295 g/mol. The van der Waals surface area contributed by atoms with E-state index in [0.717, 1.165) is 23.3 Å². The van der Waals surface area contributed by atoms with Crippen molar-refractivity contribution in [2.24, 2.45) is 4.99 Å². The van der Waals surface area contributed by atoms with Gasteiger partial charge in [0.2, 0.25) is 18.2 Å². The lowest BCUT2D eigenvalue weighted by Crippen LogP contribution is -1.96. The molecule has 0 aliphatic heterocycles. The molecule has 0 aliphatic carbocycles. The molecule has 0 fully saturated rings. The predicted molar refractivity (Wildman–Crippen MR) is 79.7 cm³/mol. The Balaban J connectivity index is 0.000000639. The second-order valence-electron chi connectivity index (χ2n) is 3.65. The molecule has 2 aromatic carbocycles. The Labute approximate surface area is 127 Å². The third kappa shape index (κ3) is 7.24. The van der Waals surface area contributed by atoms with Crippen LogP contribution in [-0.4, -0.2) is 18.2 Å². The Morgan fingerprint density at radius 2 is 1.05 bits per heavy atom. The first-order valence-corrected chi connectivity index (χ1v) is 5.99. The summed E-state index contributed by atoms with van der Waals surface area (Å²) in [5, 5.41) is 10.8. The summed E-state index contributed by atoms with van der Waals surface area (Å²) >= 11 is 0. The first kappa shape index (κ1) is 18.6. The largest absolute Gasteiger partial charge is 0.235 e. The second kappa shape index (κ2) is 12.6. The van der Waals surface area contributed by atoms with Crippen molar-refractivity contribution in [3.8, 4) is 0 Å². The molecule has 0 heterocycles. The van der Waals surface area contributed by atoms with E-state index in [9.17, 15) is 4.79 Å². The highest BCUT2D eigenvalue weighted by molar-refractivity contribution is 5.40. The number of nitrogens with one attached hydrogen (secondary N) is 2. The third-order valence-electron chi connectivity index (χ3n) is 2.41. The first-order chi connectivity index (χ1) is 10.7. The van der Waals surface area contributed by atoms with Crippen molar-refractivity contribution < 1.29 is 14.4 Å². The van der Waals surface area contributed by atoms with E-state index in [2.05, 4.69) is 4.99 Å². The summed E-state index contributed by atoms with van der Waals surface area (Å²) in [6, 6.07) is 19.2. The van der Waals surface area contributed by atoms with Crippen LogP contribution in [0.4, 0.5) is 0 Å². The number of hydrogen-bond donors (Lipinski definition) is 2. The second-order valence-corrected chi connectivity index (χ2v) is 3.65. The Hall–Kier alpha value is -3.42. The molecular formula is C16H13N3O3. The van der Waals surface area contributed by atoms with Crippen LogP contribution in [-0.2, 0) is 14.4 Å². The van der Waals surface area contributed by atoms with Crippen molar-refractivity contribution >= 4 is 18.2 Å². The number of rotatable bonds is 3. The molecular weight excluding hydrogens is 282 g/mol. The normalized spacial score (nSPS) is 7.86. The predicted octanol–water partition coefficient (Wildman–Crippen LogP) is 2.91. The average molecular weight is 295 g/mol. The van der Waals surface area contributed by atoms with Gasteiger partial charge < -0.3 is 0 Å². The summed E-state index contributed by atoms with van der Waals surface area (Å²) in [5.74, 6) is 0. The van der Waals surface area contributed by atoms with Gasteiger partial charge in [-0.05, 0) is 11.1 Å². The van der Waals surface area contributed by atoms with E-state index in [4.69, 9.17) is 20.4 Å². The Morgan fingerprint density at radius 3 is 1.32 bits per heavy atom. The Morgan fingerprint density at radius 1 is 0.727 bits per heavy atom. The molecule has 0 saturated carbocycles. The summed E-state index contributed by atoms with van der Waals surface area (Å²) in [6.07, 6.45) is 3.14. The van der Waals surface area contributed by atoms with Gasteiger partial charge in [0.1, 0.15) is 6.04 Å². The van der Waals surface area contributed by atoms with Crippen molar-refractivity contribution in [2.45, 2.75) is 6.04 Å². The SMILES string of the molecule is N=C=O.N=C=O.O=C=NC(c1ccccc1)c1ccccc1. The summed E-state index contributed by atoms with van der Waals surface area (Å²) in [7, 11) is 0. The number of benzene rings is 2. The molecule has 0 aromatic heterocycles. The van der Waals surface area contributed by atoms with Crippen LogP contribution in [0.2, 0.25) is 0 Å². The van der Waals surface area contributed by atoms with Crippen LogP contribution < -0.4 is 0 Å². The van der Waals surface area contributed by atoms with Crippen LogP contribution in [0.25, 0.3) is 0 Å². The van der Waals surface area contributed by atoms with Crippen LogP contribution in [0.5, 0.6) is 0 Å². The number of carbonyl (C=O) groups excluding carboxylic acids is 3. The number of hydrogen-bond acceptors (Lipinski definition) is 6. The standard InChI is InChI=1S/C14H11NO.2CHNO/c16-11-15-14(12-7-3-1-4-8-12)13-9-5-2-6-10-13;2*2-1-3/h1-10,14H;2*2H. The van der Waals surface area contributed by atoms with Crippen LogP contribution in [0.15, 0.2) is 65.7 Å². The number of aliphatic imine (C=N–C) groups is 1. The van der Waals surface area contributed by atoms with E-state index in [1.165, 1.54) is 0 Å². The summed E-state index contributed by atoms with van der Waals surface area (Å²) < 4.78 is 0. The maximum absolute atomic E-state index is 10.5.